The quantitative estimate of drug-likeness (QED) is 0.702. The number of hydrogen-bond acceptors (Lipinski definition) is 3. The SMILES string of the molecule is CNCCC(=O)NC1CCSCC1. The molecule has 0 saturated carbocycles. The first-order valence-corrected chi connectivity index (χ1v) is 6.00. The van der Waals surface area contributed by atoms with E-state index in [9.17, 15) is 4.79 Å². The average molecular weight is 202 g/mol. The first kappa shape index (κ1) is 10.9. The van der Waals surface area contributed by atoms with Gasteiger partial charge in [0.15, 0.2) is 0 Å². The minimum absolute atomic E-state index is 0.186. The lowest BCUT2D eigenvalue weighted by Crippen LogP contribution is -2.38. The van der Waals surface area contributed by atoms with E-state index in [2.05, 4.69) is 10.6 Å². The number of carbonyl (C=O) groups is 1. The van der Waals surface area contributed by atoms with Crippen LogP contribution < -0.4 is 10.6 Å². The van der Waals surface area contributed by atoms with Gasteiger partial charge in [-0.05, 0) is 31.4 Å². The molecule has 0 aromatic carbocycles. The highest BCUT2D eigenvalue weighted by atomic mass is 32.2. The molecule has 1 saturated heterocycles. The summed E-state index contributed by atoms with van der Waals surface area (Å²) in [5, 5.41) is 6.03. The Morgan fingerprint density at radius 2 is 2.15 bits per heavy atom. The Labute approximate surface area is 84.0 Å². The molecule has 1 amide bonds. The second-order valence-electron chi connectivity index (χ2n) is 3.31. The maximum Gasteiger partial charge on any atom is 0.221 e. The van der Waals surface area contributed by atoms with Gasteiger partial charge in [-0.1, -0.05) is 0 Å². The molecule has 0 spiro atoms. The maximum absolute atomic E-state index is 11.3. The molecule has 0 bridgehead atoms. The van der Waals surface area contributed by atoms with E-state index in [-0.39, 0.29) is 5.91 Å². The third-order valence-corrected chi connectivity index (χ3v) is 3.24. The van der Waals surface area contributed by atoms with Gasteiger partial charge in [0.05, 0.1) is 0 Å². The summed E-state index contributed by atoms with van der Waals surface area (Å²) in [5.41, 5.74) is 0. The molecule has 1 aliphatic heterocycles. The van der Waals surface area contributed by atoms with Crippen molar-refractivity contribution in [1.29, 1.82) is 0 Å². The predicted molar refractivity (Wildman–Crippen MR) is 57.0 cm³/mol. The van der Waals surface area contributed by atoms with Gasteiger partial charge in [-0.3, -0.25) is 4.79 Å². The molecule has 4 heteroatoms. The topological polar surface area (TPSA) is 41.1 Å². The molecule has 1 aliphatic rings. The average Bonchev–Trinajstić information content (AvgIpc) is 2.16. The zero-order valence-corrected chi connectivity index (χ0v) is 8.95. The molecule has 76 valence electrons. The number of carbonyl (C=O) groups excluding carboxylic acids is 1. The molecule has 0 aromatic heterocycles. The highest BCUT2D eigenvalue weighted by molar-refractivity contribution is 7.99. The molecule has 13 heavy (non-hydrogen) atoms. The molecule has 1 rings (SSSR count). The van der Waals surface area contributed by atoms with Crippen molar-refractivity contribution in [3.63, 3.8) is 0 Å². The molecule has 1 heterocycles. The second kappa shape index (κ2) is 6.27. The van der Waals surface area contributed by atoms with Gasteiger partial charge in [0.1, 0.15) is 0 Å². The van der Waals surface area contributed by atoms with Crippen LogP contribution in [0.2, 0.25) is 0 Å². The molecule has 1 fully saturated rings. The fourth-order valence-electron chi connectivity index (χ4n) is 1.38. The number of rotatable bonds is 4. The van der Waals surface area contributed by atoms with Gasteiger partial charge in [0, 0.05) is 19.0 Å². The summed E-state index contributed by atoms with van der Waals surface area (Å²) < 4.78 is 0. The Kier molecular flexibility index (Phi) is 5.23. The van der Waals surface area contributed by atoms with Crippen molar-refractivity contribution in [3.8, 4) is 0 Å². The number of nitrogens with one attached hydrogen (secondary N) is 2. The van der Waals surface area contributed by atoms with Crippen LogP contribution in [0, 0.1) is 0 Å². The highest BCUT2D eigenvalue weighted by Gasteiger charge is 2.15. The summed E-state index contributed by atoms with van der Waals surface area (Å²) in [6.07, 6.45) is 2.87. The van der Waals surface area contributed by atoms with Gasteiger partial charge in [0.2, 0.25) is 5.91 Å². The van der Waals surface area contributed by atoms with E-state index in [4.69, 9.17) is 0 Å². The number of thioether (sulfide) groups is 1. The van der Waals surface area contributed by atoms with Crippen LogP contribution in [-0.2, 0) is 4.79 Å². The summed E-state index contributed by atoms with van der Waals surface area (Å²) in [4.78, 5) is 11.3. The van der Waals surface area contributed by atoms with Gasteiger partial charge < -0.3 is 10.6 Å². The third kappa shape index (κ3) is 4.52. The Morgan fingerprint density at radius 3 is 2.77 bits per heavy atom. The van der Waals surface area contributed by atoms with Gasteiger partial charge in [-0.2, -0.15) is 11.8 Å². The standard InChI is InChI=1S/C9H18N2OS/c1-10-5-2-9(12)11-8-3-6-13-7-4-8/h8,10H,2-7H2,1H3,(H,11,12). The zero-order valence-electron chi connectivity index (χ0n) is 8.14. The van der Waals surface area contributed by atoms with Crippen LogP contribution in [-0.4, -0.2) is 37.0 Å². The Balaban J connectivity index is 2.11. The van der Waals surface area contributed by atoms with Gasteiger partial charge in [0.25, 0.3) is 0 Å². The Hall–Kier alpha value is -0.220. The molecular weight excluding hydrogens is 184 g/mol. The zero-order chi connectivity index (χ0) is 9.52. The summed E-state index contributed by atoms with van der Waals surface area (Å²) in [7, 11) is 1.87. The Morgan fingerprint density at radius 1 is 1.46 bits per heavy atom. The van der Waals surface area contributed by atoms with E-state index in [1.165, 1.54) is 11.5 Å². The molecule has 3 nitrogen and oxygen atoms in total. The van der Waals surface area contributed by atoms with E-state index in [0.29, 0.717) is 12.5 Å². The largest absolute Gasteiger partial charge is 0.353 e. The fourth-order valence-corrected chi connectivity index (χ4v) is 2.49. The predicted octanol–water partition coefficient (Wildman–Crippen LogP) is 0.608. The van der Waals surface area contributed by atoms with Crippen molar-refractivity contribution < 1.29 is 4.79 Å². The van der Waals surface area contributed by atoms with Gasteiger partial charge in [-0.25, -0.2) is 0 Å². The van der Waals surface area contributed by atoms with Crippen LogP contribution in [0.1, 0.15) is 19.3 Å². The highest BCUT2D eigenvalue weighted by Crippen LogP contribution is 2.16. The van der Waals surface area contributed by atoms with E-state index >= 15 is 0 Å². The van der Waals surface area contributed by atoms with E-state index < -0.39 is 0 Å². The van der Waals surface area contributed by atoms with Crippen LogP contribution >= 0.6 is 11.8 Å². The second-order valence-corrected chi connectivity index (χ2v) is 4.53. The van der Waals surface area contributed by atoms with Crippen LogP contribution in [0.15, 0.2) is 0 Å². The lowest BCUT2D eigenvalue weighted by molar-refractivity contribution is -0.121. The summed E-state index contributed by atoms with van der Waals surface area (Å²) in [6.45, 7) is 0.771. The number of amides is 1. The molecule has 0 atom stereocenters. The van der Waals surface area contributed by atoms with Crippen molar-refractivity contribution in [1.82, 2.24) is 10.6 Å². The lowest BCUT2D eigenvalue weighted by Gasteiger charge is -2.22. The first-order chi connectivity index (χ1) is 6.33. The number of hydrogen-bond donors (Lipinski definition) is 2. The molecule has 0 unspecified atom stereocenters. The molecule has 0 aliphatic carbocycles. The van der Waals surface area contributed by atoms with Crippen LogP contribution in [0.4, 0.5) is 0 Å². The molecule has 0 radical (unpaired) electrons. The minimum atomic E-state index is 0.186. The van der Waals surface area contributed by atoms with E-state index in [1.807, 2.05) is 18.8 Å². The van der Waals surface area contributed by atoms with E-state index in [0.717, 1.165) is 19.4 Å². The summed E-state index contributed by atoms with van der Waals surface area (Å²) >= 11 is 1.98. The maximum atomic E-state index is 11.3. The molecular formula is C9H18N2OS. The van der Waals surface area contributed by atoms with Crippen molar-refractivity contribution in [2.24, 2.45) is 0 Å². The first-order valence-electron chi connectivity index (χ1n) is 4.84. The third-order valence-electron chi connectivity index (χ3n) is 2.19. The van der Waals surface area contributed by atoms with Gasteiger partial charge in [-0.15, -0.1) is 0 Å². The van der Waals surface area contributed by atoms with Crippen molar-refractivity contribution in [2.75, 3.05) is 25.1 Å². The van der Waals surface area contributed by atoms with Crippen LogP contribution in [0.25, 0.3) is 0 Å². The molecule has 2 N–H and O–H groups in total. The van der Waals surface area contributed by atoms with Crippen LogP contribution in [0.5, 0.6) is 0 Å². The van der Waals surface area contributed by atoms with Gasteiger partial charge >= 0.3 is 0 Å². The van der Waals surface area contributed by atoms with Crippen molar-refractivity contribution in [2.45, 2.75) is 25.3 Å². The van der Waals surface area contributed by atoms with Crippen molar-refractivity contribution >= 4 is 17.7 Å². The molecule has 0 aromatic rings. The lowest BCUT2D eigenvalue weighted by atomic mass is 10.1. The monoisotopic (exact) mass is 202 g/mol. The fraction of sp³-hybridized carbons (Fsp3) is 0.889. The minimum Gasteiger partial charge on any atom is -0.353 e. The van der Waals surface area contributed by atoms with Crippen LogP contribution in [0.3, 0.4) is 0 Å². The summed E-state index contributed by atoms with van der Waals surface area (Å²) in [5.74, 6) is 2.57. The summed E-state index contributed by atoms with van der Waals surface area (Å²) in [6, 6.07) is 0.436. The Bertz CT molecular complexity index is 158. The normalized spacial score (nSPS) is 18.5. The van der Waals surface area contributed by atoms with Crippen molar-refractivity contribution in [3.05, 3.63) is 0 Å². The smallest absolute Gasteiger partial charge is 0.221 e. The van der Waals surface area contributed by atoms with E-state index in [1.54, 1.807) is 0 Å².